The molecule has 0 unspecified atom stereocenters. The van der Waals surface area contributed by atoms with Gasteiger partial charge in [-0.3, -0.25) is 9.69 Å². The van der Waals surface area contributed by atoms with Gasteiger partial charge in [0.2, 0.25) is 5.91 Å². The molecule has 0 atom stereocenters. The first-order valence-corrected chi connectivity index (χ1v) is 6.00. The highest BCUT2D eigenvalue weighted by atomic mass is 32.2. The van der Waals surface area contributed by atoms with Crippen LogP contribution in [0.15, 0.2) is 0 Å². The van der Waals surface area contributed by atoms with Crippen LogP contribution in [0.1, 0.15) is 13.8 Å². The Kier molecular flexibility index (Phi) is 3.98. The van der Waals surface area contributed by atoms with E-state index in [2.05, 4.69) is 5.32 Å². The van der Waals surface area contributed by atoms with E-state index in [1.54, 1.807) is 11.8 Å². The lowest BCUT2D eigenvalue weighted by Crippen LogP contribution is -2.36. The summed E-state index contributed by atoms with van der Waals surface area (Å²) in [4.78, 5) is 23.6. The first-order chi connectivity index (χ1) is 6.90. The zero-order valence-electron chi connectivity index (χ0n) is 9.08. The molecule has 15 heavy (non-hydrogen) atoms. The number of nitrogens with zero attached hydrogens (tertiary/aromatic N) is 1. The van der Waals surface area contributed by atoms with Gasteiger partial charge in [-0.15, -0.1) is 0 Å². The molecule has 1 aliphatic heterocycles. The predicted molar refractivity (Wildman–Crippen MR) is 60.7 cm³/mol. The lowest BCUT2D eigenvalue weighted by Gasteiger charge is -2.18. The van der Waals surface area contributed by atoms with E-state index in [1.165, 1.54) is 4.90 Å². The van der Waals surface area contributed by atoms with Crippen molar-refractivity contribution in [1.82, 2.24) is 10.2 Å². The van der Waals surface area contributed by atoms with Gasteiger partial charge in [-0.2, -0.15) is 11.8 Å². The van der Waals surface area contributed by atoms with Gasteiger partial charge in [0, 0.05) is 23.6 Å². The van der Waals surface area contributed by atoms with Crippen LogP contribution in [0.2, 0.25) is 0 Å². The van der Waals surface area contributed by atoms with Crippen LogP contribution in [0.5, 0.6) is 0 Å². The van der Waals surface area contributed by atoms with Gasteiger partial charge >= 0.3 is 6.03 Å². The molecular formula is C9H17N3O2S. The van der Waals surface area contributed by atoms with Crippen LogP contribution in [0.4, 0.5) is 4.79 Å². The highest BCUT2D eigenvalue weighted by Gasteiger charge is 2.27. The second-order valence-electron chi connectivity index (χ2n) is 4.25. The van der Waals surface area contributed by atoms with Gasteiger partial charge in [0.15, 0.2) is 0 Å². The highest BCUT2D eigenvalue weighted by molar-refractivity contribution is 7.99. The first kappa shape index (κ1) is 12.3. The standard InChI is InChI=1S/C9H17N3O2S/c1-9(2,10)6-15-4-3-12-7(13)5-11-8(12)14/h3-6,10H2,1-2H3,(H,11,14). The van der Waals surface area contributed by atoms with Crippen molar-refractivity contribution in [2.24, 2.45) is 5.73 Å². The number of amides is 3. The molecule has 1 fully saturated rings. The minimum absolute atomic E-state index is 0.131. The molecule has 0 radical (unpaired) electrons. The van der Waals surface area contributed by atoms with E-state index in [4.69, 9.17) is 5.73 Å². The monoisotopic (exact) mass is 231 g/mol. The average Bonchev–Trinajstić information content (AvgIpc) is 2.40. The number of carbonyl (C=O) groups excluding carboxylic acids is 2. The highest BCUT2D eigenvalue weighted by Crippen LogP contribution is 2.10. The number of nitrogens with one attached hydrogen (secondary N) is 1. The van der Waals surface area contributed by atoms with E-state index in [9.17, 15) is 9.59 Å². The Labute approximate surface area is 93.7 Å². The van der Waals surface area contributed by atoms with E-state index >= 15 is 0 Å². The third-order valence-corrected chi connectivity index (χ3v) is 3.29. The Bertz CT molecular complexity index is 247. The summed E-state index contributed by atoms with van der Waals surface area (Å²) in [5.74, 6) is 1.41. The van der Waals surface area contributed by atoms with Crippen molar-refractivity contribution in [3.63, 3.8) is 0 Å². The van der Waals surface area contributed by atoms with E-state index in [-0.39, 0.29) is 24.0 Å². The summed E-state index contributed by atoms with van der Waals surface area (Å²) >= 11 is 1.65. The minimum atomic E-state index is -0.285. The number of rotatable bonds is 5. The fraction of sp³-hybridized carbons (Fsp3) is 0.778. The van der Waals surface area contributed by atoms with Crippen LogP contribution in [-0.4, -0.2) is 47.0 Å². The van der Waals surface area contributed by atoms with Crippen LogP contribution in [0.3, 0.4) is 0 Å². The molecule has 0 bridgehead atoms. The van der Waals surface area contributed by atoms with Crippen LogP contribution in [-0.2, 0) is 4.79 Å². The topological polar surface area (TPSA) is 75.4 Å². The van der Waals surface area contributed by atoms with Crippen LogP contribution >= 0.6 is 11.8 Å². The van der Waals surface area contributed by atoms with Crippen molar-refractivity contribution in [3.8, 4) is 0 Å². The second-order valence-corrected chi connectivity index (χ2v) is 5.35. The maximum atomic E-state index is 11.2. The molecule has 1 heterocycles. The molecule has 1 rings (SSSR count). The lowest BCUT2D eigenvalue weighted by molar-refractivity contribution is -0.124. The number of urea groups is 1. The van der Waals surface area contributed by atoms with Crippen LogP contribution < -0.4 is 11.1 Å². The van der Waals surface area contributed by atoms with E-state index < -0.39 is 0 Å². The summed E-state index contributed by atoms with van der Waals surface area (Å²) in [7, 11) is 0. The Morgan fingerprint density at radius 1 is 1.53 bits per heavy atom. The molecule has 0 spiro atoms. The maximum Gasteiger partial charge on any atom is 0.324 e. The van der Waals surface area contributed by atoms with Gasteiger partial charge < -0.3 is 11.1 Å². The molecule has 0 aromatic carbocycles. The van der Waals surface area contributed by atoms with E-state index in [0.29, 0.717) is 6.54 Å². The molecule has 0 aliphatic carbocycles. The molecule has 6 heteroatoms. The summed E-state index contributed by atoms with van der Waals surface area (Å²) in [5, 5.41) is 2.48. The molecule has 3 N–H and O–H groups in total. The van der Waals surface area contributed by atoms with Gasteiger partial charge in [-0.1, -0.05) is 0 Å². The van der Waals surface area contributed by atoms with Crippen molar-refractivity contribution < 1.29 is 9.59 Å². The third-order valence-electron chi connectivity index (χ3n) is 1.87. The van der Waals surface area contributed by atoms with Gasteiger partial charge in [-0.25, -0.2) is 4.79 Å². The van der Waals surface area contributed by atoms with Crippen LogP contribution in [0.25, 0.3) is 0 Å². The quantitative estimate of drug-likeness (QED) is 0.516. The molecular weight excluding hydrogens is 214 g/mol. The predicted octanol–water partition coefficient (Wildman–Crippen LogP) is 0.00870. The smallest absolute Gasteiger partial charge is 0.324 e. The van der Waals surface area contributed by atoms with Crippen LogP contribution in [0, 0.1) is 0 Å². The van der Waals surface area contributed by atoms with Gasteiger partial charge in [0.1, 0.15) is 0 Å². The molecule has 0 aromatic rings. The molecule has 1 aliphatic rings. The van der Waals surface area contributed by atoms with Crippen molar-refractivity contribution in [2.45, 2.75) is 19.4 Å². The largest absolute Gasteiger partial charge is 0.329 e. The zero-order valence-corrected chi connectivity index (χ0v) is 9.89. The van der Waals surface area contributed by atoms with Crippen molar-refractivity contribution in [2.75, 3.05) is 24.6 Å². The normalized spacial score (nSPS) is 17.1. The molecule has 86 valence electrons. The Balaban J connectivity index is 2.20. The zero-order chi connectivity index (χ0) is 11.5. The number of hydrogen-bond donors (Lipinski definition) is 2. The number of imide groups is 1. The fourth-order valence-electron chi connectivity index (χ4n) is 1.17. The maximum absolute atomic E-state index is 11.2. The summed E-state index contributed by atoms with van der Waals surface area (Å²) in [5.41, 5.74) is 5.60. The number of nitrogens with two attached hydrogens (primary N) is 1. The summed E-state index contributed by atoms with van der Waals surface area (Å²) in [6.45, 7) is 4.50. The van der Waals surface area contributed by atoms with Gasteiger partial charge in [-0.05, 0) is 13.8 Å². The second kappa shape index (κ2) is 4.85. The minimum Gasteiger partial charge on any atom is -0.329 e. The Morgan fingerprint density at radius 2 is 2.20 bits per heavy atom. The molecule has 5 nitrogen and oxygen atoms in total. The Morgan fingerprint density at radius 3 is 2.67 bits per heavy atom. The van der Waals surface area contributed by atoms with E-state index in [1.807, 2.05) is 13.8 Å². The van der Waals surface area contributed by atoms with Crippen molar-refractivity contribution >= 4 is 23.7 Å². The molecule has 3 amide bonds. The van der Waals surface area contributed by atoms with Crippen molar-refractivity contribution in [1.29, 1.82) is 0 Å². The fourth-order valence-corrected chi connectivity index (χ4v) is 2.15. The number of thioether (sulfide) groups is 1. The van der Waals surface area contributed by atoms with Gasteiger partial charge in [0.05, 0.1) is 6.54 Å². The average molecular weight is 231 g/mol. The molecule has 1 saturated heterocycles. The van der Waals surface area contributed by atoms with Crippen molar-refractivity contribution in [3.05, 3.63) is 0 Å². The molecule has 0 saturated carbocycles. The van der Waals surface area contributed by atoms with E-state index in [0.717, 1.165) is 11.5 Å². The SMILES string of the molecule is CC(C)(N)CSCCN1C(=O)CNC1=O. The first-order valence-electron chi connectivity index (χ1n) is 4.85. The Hall–Kier alpha value is -0.750. The number of hydrogen-bond acceptors (Lipinski definition) is 4. The molecule has 0 aromatic heterocycles. The summed E-state index contributed by atoms with van der Waals surface area (Å²) in [6, 6.07) is -0.285. The number of carbonyl (C=O) groups is 2. The van der Waals surface area contributed by atoms with Gasteiger partial charge in [0.25, 0.3) is 0 Å². The lowest BCUT2D eigenvalue weighted by atomic mass is 10.1. The third kappa shape index (κ3) is 4.09. The summed E-state index contributed by atoms with van der Waals surface area (Å²) in [6.07, 6.45) is 0. The summed E-state index contributed by atoms with van der Waals surface area (Å²) < 4.78 is 0.